The number of nitrogens with one attached hydrogen (secondary N) is 1. The molecule has 1 aromatic carbocycles. The molecular formula is C18H18F2N4O2S. The number of halogens is 2. The molecule has 6 nitrogen and oxygen atoms in total. The molecule has 2 aromatic heterocycles. The summed E-state index contributed by atoms with van der Waals surface area (Å²) in [5.74, 6) is -0.178. The lowest BCUT2D eigenvalue weighted by Gasteiger charge is -2.04. The number of rotatable bonds is 6. The second-order valence-electron chi connectivity index (χ2n) is 5.76. The van der Waals surface area contributed by atoms with E-state index in [0.717, 1.165) is 11.3 Å². The van der Waals surface area contributed by atoms with Crippen LogP contribution in [0, 0.1) is 13.8 Å². The number of hydrogen-bond acceptors (Lipinski definition) is 5. The number of nitrogens with zero attached hydrogens (tertiary/aromatic N) is 3. The molecule has 3 aromatic rings. The van der Waals surface area contributed by atoms with Crippen molar-refractivity contribution in [2.24, 2.45) is 0 Å². The van der Waals surface area contributed by atoms with Gasteiger partial charge in [0, 0.05) is 23.2 Å². The van der Waals surface area contributed by atoms with Gasteiger partial charge in [-0.25, -0.2) is 4.98 Å². The van der Waals surface area contributed by atoms with E-state index < -0.39 is 6.61 Å². The van der Waals surface area contributed by atoms with Crippen LogP contribution in [0.5, 0.6) is 5.75 Å². The van der Waals surface area contributed by atoms with Gasteiger partial charge in [0.1, 0.15) is 5.75 Å². The summed E-state index contributed by atoms with van der Waals surface area (Å²) in [5, 5.41) is 9.38. The highest BCUT2D eigenvalue weighted by atomic mass is 32.1. The van der Waals surface area contributed by atoms with Gasteiger partial charge in [0.15, 0.2) is 5.13 Å². The minimum absolute atomic E-state index is 0.0800. The van der Waals surface area contributed by atoms with Crippen LogP contribution < -0.4 is 10.1 Å². The van der Waals surface area contributed by atoms with E-state index in [-0.39, 0.29) is 11.7 Å². The molecule has 0 unspecified atom stereocenters. The number of carbonyl (C=O) groups excluding carboxylic acids is 1. The fourth-order valence-corrected chi connectivity index (χ4v) is 3.48. The number of aromatic nitrogens is 3. The van der Waals surface area contributed by atoms with Gasteiger partial charge in [-0.3, -0.25) is 14.8 Å². The highest BCUT2D eigenvalue weighted by molar-refractivity contribution is 7.14. The molecule has 0 saturated carbocycles. The van der Waals surface area contributed by atoms with Crippen molar-refractivity contribution in [3.8, 4) is 17.0 Å². The van der Waals surface area contributed by atoms with E-state index in [2.05, 4.69) is 20.1 Å². The van der Waals surface area contributed by atoms with Crippen LogP contribution in [0.3, 0.4) is 0 Å². The quantitative estimate of drug-likeness (QED) is 0.671. The predicted molar refractivity (Wildman–Crippen MR) is 99.5 cm³/mol. The van der Waals surface area contributed by atoms with Crippen LogP contribution in [0.15, 0.2) is 29.6 Å². The molecule has 27 heavy (non-hydrogen) atoms. The van der Waals surface area contributed by atoms with E-state index in [4.69, 9.17) is 0 Å². The van der Waals surface area contributed by atoms with Crippen molar-refractivity contribution < 1.29 is 18.3 Å². The highest BCUT2D eigenvalue weighted by Crippen LogP contribution is 2.27. The van der Waals surface area contributed by atoms with Gasteiger partial charge in [0.05, 0.1) is 17.0 Å². The monoisotopic (exact) mass is 392 g/mol. The second-order valence-corrected chi connectivity index (χ2v) is 6.61. The Bertz CT molecular complexity index is 951. The highest BCUT2D eigenvalue weighted by Gasteiger charge is 2.19. The molecule has 1 N–H and O–H groups in total. The number of hydrogen-bond donors (Lipinski definition) is 1. The smallest absolute Gasteiger partial charge is 0.387 e. The Kier molecular flexibility index (Phi) is 5.50. The maximum absolute atomic E-state index is 12.6. The lowest BCUT2D eigenvalue weighted by atomic mass is 10.2. The molecule has 9 heteroatoms. The molecule has 0 aliphatic carbocycles. The van der Waals surface area contributed by atoms with Crippen molar-refractivity contribution in [1.82, 2.24) is 14.8 Å². The number of carbonyl (C=O) groups is 1. The Balaban J connectivity index is 1.74. The predicted octanol–water partition coefficient (Wildman–Crippen LogP) is 4.50. The summed E-state index contributed by atoms with van der Waals surface area (Å²) in [4.78, 5) is 17.0. The summed E-state index contributed by atoms with van der Waals surface area (Å²) in [5.41, 5.74) is 3.38. The molecule has 0 atom stereocenters. The second kappa shape index (κ2) is 7.83. The van der Waals surface area contributed by atoms with E-state index in [1.807, 2.05) is 13.8 Å². The zero-order valence-electron chi connectivity index (χ0n) is 15.0. The van der Waals surface area contributed by atoms with E-state index in [1.165, 1.54) is 23.5 Å². The number of amides is 1. The minimum Gasteiger partial charge on any atom is -0.435 e. The molecule has 0 bridgehead atoms. The summed E-state index contributed by atoms with van der Waals surface area (Å²) >= 11 is 1.28. The Hall–Kier alpha value is -2.81. The standard InChI is InChI=1S/C18H18F2N4O2S/c1-4-24-11(3)15(10(2)23-24)16(25)22-18-21-14(9-27-18)12-5-7-13(8-6-12)26-17(19)20/h5-9,17H,4H2,1-3H3,(H,21,22,25). The average Bonchev–Trinajstić information content (AvgIpc) is 3.19. The molecule has 0 aliphatic heterocycles. The maximum atomic E-state index is 12.6. The number of benzene rings is 1. The topological polar surface area (TPSA) is 69.0 Å². The third kappa shape index (κ3) is 4.13. The average molecular weight is 392 g/mol. The molecule has 0 aliphatic rings. The summed E-state index contributed by atoms with van der Waals surface area (Å²) in [6, 6.07) is 6.17. The Morgan fingerprint density at radius 3 is 2.59 bits per heavy atom. The largest absolute Gasteiger partial charge is 0.435 e. The van der Waals surface area contributed by atoms with Gasteiger partial charge in [0.25, 0.3) is 5.91 Å². The molecule has 0 radical (unpaired) electrons. The van der Waals surface area contributed by atoms with Crippen molar-refractivity contribution in [2.75, 3.05) is 5.32 Å². The van der Waals surface area contributed by atoms with Crippen molar-refractivity contribution in [1.29, 1.82) is 0 Å². The van der Waals surface area contributed by atoms with Gasteiger partial charge in [-0.15, -0.1) is 11.3 Å². The van der Waals surface area contributed by atoms with E-state index >= 15 is 0 Å². The van der Waals surface area contributed by atoms with Crippen LogP contribution in [0.25, 0.3) is 11.3 Å². The maximum Gasteiger partial charge on any atom is 0.387 e. The lowest BCUT2D eigenvalue weighted by molar-refractivity contribution is -0.0498. The number of alkyl halides is 2. The molecule has 142 valence electrons. The third-order valence-corrected chi connectivity index (χ3v) is 4.77. The Morgan fingerprint density at radius 1 is 1.30 bits per heavy atom. The normalized spacial score (nSPS) is 11.0. The Morgan fingerprint density at radius 2 is 2.00 bits per heavy atom. The summed E-state index contributed by atoms with van der Waals surface area (Å²) in [6.07, 6.45) is 0. The fraction of sp³-hybridized carbons (Fsp3) is 0.278. The molecular weight excluding hydrogens is 374 g/mol. The molecule has 0 spiro atoms. The molecule has 0 saturated heterocycles. The number of ether oxygens (including phenoxy) is 1. The van der Waals surface area contributed by atoms with Crippen LogP contribution in [0.4, 0.5) is 13.9 Å². The van der Waals surface area contributed by atoms with Gasteiger partial charge in [0.2, 0.25) is 0 Å². The first-order chi connectivity index (χ1) is 12.9. The lowest BCUT2D eigenvalue weighted by Crippen LogP contribution is -2.14. The van der Waals surface area contributed by atoms with Gasteiger partial charge in [-0.1, -0.05) is 0 Å². The number of thiazole rings is 1. The Labute approximate surface area is 158 Å². The zero-order valence-corrected chi connectivity index (χ0v) is 15.8. The molecule has 0 fully saturated rings. The summed E-state index contributed by atoms with van der Waals surface area (Å²) in [6.45, 7) is 3.44. The van der Waals surface area contributed by atoms with Gasteiger partial charge in [-0.2, -0.15) is 13.9 Å². The van der Waals surface area contributed by atoms with Crippen LogP contribution in [-0.4, -0.2) is 27.3 Å². The minimum atomic E-state index is -2.86. The first-order valence-electron chi connectivity index (χ1n) is 8.25. The first-order valence-corrected chi connectivity index (χ1v) is 9.13. The first kappa shape index (κ1) is 19.0. The van der Waals surface area contributed by atoms with Crippen molar-refractivity contribution in [3.63, 3.8) is 0 Å². The molecule has 2 heterocycles. The van der Waals surface area contributed by atoms with Crippen LogP contribution in [0.2, 0.25) is 0 Å². The molecule has 1 amide bonds. The zero-order chi connectivity index (χ0) is 19.6. The van der Waals surface area contributed by atoms with Gasteiger partial charge >= 0.3 is 6.61 Å². The van der Waals surface area contributed by atoms with E-state index in [0.29, 0.717) is 28.6 Å². The van der Waals surface area contributed by atoms with Gasteiger partial charge in [-0.05, 0) is 45.0 Å². The van der Waals surface area contributed by atoms with E-state index in [1.54, 1.807) is 29.1 Å². The van der Waals surface area contributed by atoms with Gasteiger partial charge < -0.3 is 4.74 Å². The van der Waals surface area contributed by atoms with Crippen LogP contribution >= 0.6 is 11.3 Å². The third-order valence-electron chi connectivity index (χ3n) is 4.01. The van der Waals surface area contributed by atoms with Crippen LogP contribution in [-0.2, 0) is 6.54 Å². The number of aryl methyl sites for hydroxylation is 2. The summed E-state index contributed by atoms with van der Waals surface area (Å²) < 4.78 is 30.5. The summed E-state index contributed by atoms with van der Waals surface area (Å²) in [7, 11) is 0. The van der Waals surface area contributed by atoms with Crippen molar-refractivity contribution in [3.05, 3.63) is 46.6 Å². The van der Waals surface area contributed by atoms with E-state index in [9.17, 15) is 13.6 Å². The van der Waals surface area contributed by atoms with Crippen molar-refractivity contribution >= 4 is 22.4 Å². The molecule has 3 rings (SSSR count). The fourth-order valence-electron chi connectivity index (χ4n) is 2.76. The van der Waals surface area contributed by atoms with Crippen molar-refractivity contribution in [2.45, 2.75) is 33.9 Å². The SMILES string of the molecule is CCn1nc(C)c(C(=O)Nc2nc(-c3ccc(OC(F)F)cc3)cs2)c1C. The number of anilines is 1. The van der Waals surface area contributed by atoms with Crippen LogP contribution in [0.1, 0.15) is 28.7 Å².